The summed E-state index contributed by atoms with van der Waals surface area (Å²) in [6.07, 6.45) is 1.11. The number of nitrogens with two attached hydrogens (primary N) is 1. The minimum absolute atomic E-state index is 0.291. The molecule has 0 unspecified atom stereocenters. The Morgan fingerprint density at radius 1 is 1.30 bits per heavy atom. The zero-order valence-electron chi connectivity index (χ0n) is 11.4. The van der Waals surface area contributed by atoms with Crippen LogP contribution in [-0.4, -0.2) is 55.5 Å². The van der Waals surface area contributed by atoms with E-state index in [1.165, 1.54) is 4.31 Å². The molecule has 0 radical (unpaired) electrons. The van der Waals surface area contributed by atoms with E-state index >= 15 is 0 Å². The molecule has 0 aromatic heterocycles. The van der Waals surface area contributed by atoms with Gasteiger partial charge in [-0.1, -0.05) is 30.3 Å². The second kappa shape index (κ2) is 5.90. The van der Waals surface area contributed by atoms with Gasteiger partial charge in [0, 0.05) is 26.2 Å². The third-order valence-electron chi connectivity index (χ3n) is 3.42. The van der Waals surface area contributed by atoms with Crippen LogP contribution in [0.4, 0.5) is 0 Å². The van der Waals surface area contributed by atoms with E-state index < -0.39 is 22.0 Å². The van der Waals surface area contributed by atoms with E-state index in [0.29, 0.717) is 26.2 Å². The van der Waals surface area contributed by atoms with Gasteiger partial charge in [0.05, 0.1) is 6.26 Å². The van der Waals surface area contributed by atoms with Crippen LogP contribution in [0, 0.1) is 0 Å². The molecule has 1 fully saturated rings. The number of benzene rings is 1. The summed E-state index contributed by atoms with van der Waals surface area (Å²) in [7, 11) is -3.41. The van der Waals surface area contributed by atoms with Crippen LogP contribution < -0.4 is 5.73 Å². The van der Waals surface area contributed by atoms with Gasteiger partial charge in [-0.25, -0.2) is 8.42 Å². The Kier molecular flexibility index (Phi) is 4.42. The summed E-state index contributed by atoms with van der Waals surface area (Å²) in [6, 6.07) is 9.06. The summed E-state index contributed by atoms with van der Waals surface area (Å²) < 4.78 is 24.5. The maximum atomic E-state index is 11.7. The molecule has 1 aliphatic rings. The molecule has 1 heterocycles. The Labute approximate surface area is 119 Å². The van der Waals surface area contributed by atoms with Gasteiger partial charge in [0.25, 0.3) is 0 Å². The molecule has 1 amide bonds. The maximum Gasteiger partial charge on any atom is 0.237 e. The zero-order valence-corrected chi connectivity index (χ0v) is 12.2. The van der Waals surface area contributed by atoms with Crippen LogP contribution in [0.5, 0.6) is 0 Å². The lowest BCUT2D eigenvalue weighted by atomic mass is 10.1. The molecule has 0 aliphatic carbocycles. The van der Waals surface area contributed by atoms with E-state index in [9.17, 15) is 13.2 Å². The molecule has 1 aliphatic heterocycles. The standard InChI is InChI=1S/C13H19N3O3S/c1-20(18,19)16-8-7-15(10-12(16)13(14)17)9-11-5-3-2-4-6-11/h2-6,12H,7-10H2,1H3,(H2,14,17)/t12-/m1/s1. The normalized spacial score (nSPS) is 21.8. The van der Waals surface area contributed by atoms with Crippen LogP contribution in [0.25, 0.3) is 0 Å². The molecule has 0 saturated carbocycles. The summed E-state index contributed by atoms with van der Waals surface area (Å²) >= 11 is 0. The highest BCUT2D eigenvalue weighted by Crippen LogP contribution is 2.15. The number of nitrogens with zero attached hydrogens (tertiary/aromatic N) is 2. The zero-order chi connectivity index (χ0) is 14.8. The third kappa shape index (κ3) is 3.56. The van der Waals surface area contributed by atoms with E-state index in [4.69, 9.17) is 5.73 Å². The van der Waals surface area contributed by atoms with Crippen molar-refractivity contribution in [1.29, 1.82) is 0 Å². The molecular formula is C13H19N3O3S. The topological polar surface area (TPSA) is 83.7 Å². The molecule has 7 heteroatoms. The summed E-state index contributed by atoms with van der Waals surface area (Å²) in [5.41, 5.74) is 6.47. The first-order valence-electron chi connectivity index (χ1n) is 6.40. The Bertz CT molecular complexity index is 574. The largest absolute Gasteiger partial charge is 0.368 e. The second-order valence-electron chi connectivity index (χ2n) is 5.01. The van der Waals surface area contributed by atoms with Gasteiger partial charge in [-0.05, 0) is 5.56 Å². The Hall–Kier alpha value is -1.44. The van der Waals surface area contributed by atoms with E-state index in [2.05, 4.69) is 0 Å². The number of sulfonamides is 1. The van der Waals surface area contributed by atoms with Crippen LogP contribution in [0.15, 0.2) is 30.3 Å². The Morgan fingerprint density at radius 3 is 2.50 bits per heavy atom. The Morgan fingerprint density at radius 2 is 1.95 bits per heavy atom. The number of hydrogen-bond donors (Lipinski definition) is 1. The summed E-state index contributed by atoms with van der Waals surface area (Å²) in [4.78, 5) is 13.5. The second-order valence-corrected chi connectivity index (χ2v) is 6.95. The number of carbonyl (C=O) groups excluding carboxylic acids is 1. The van der Waals surface area contributed by atoms with Gasteiger partial charge < -0.3 is 5.73 Å². The smallest absolute Gasteiger partial charge is 0.237 e. The SMILES string of the molecule is CS(=O)(=O)N1CCN(Cc2ccccc2)C[C@@H]1C(N)=O. The van der Waals surface area contributed by atoms with E-state index in [1.54, 1.807) is 0 Å². The fraction of sp³-hybridized carbons (Fsp3) is 0.462. The lowest BCUT2D eigenvalue weighted by molar-refractivity contribution is -0.123. The van der Waals surface area contributed by atoms with Crippen molar-refractivity contribution < 1.29 is 13.2 Å². The number of carbonyl (C=O) groups is 1. The van der Waals surface area contributed by atoms with Crippen molar-refractivity contribution in [2.45, 2.75) is 12.6 Å². The lowest BCUT2D eigenvalue weighted by Crippen LogP contribution is -2.59. The average Bonchev–Trinajstić information content (AvgIpc) is 2.38. The minimum atomic E-state index is -3.41. The van der Waals surface area contributed by atoms with Gasteiger partial charge in [-0.2, -0.15) is 4.31 Å². The van der Waals surface area contributed by atoms with Gasteiger partial charge in [0.2, 0.25) is 15.9 Å². The highest BCUT2D eigenvalue weighted by molar-refractivity contribution is 7.88. The molecule has 2 N–H and O–H groups in total. The van der Waals surface area contributed by atoms with E-state index in [0.717, 1.165) is 11.8 Å². The lowest BCUT2D eigenvalue weighted by Gasteiger charge is -2.38. The number of amides is 1. The summed E-state index contributed by atoms with van der Waals surface area (Å²) in [5.74, 6) is -0.604. The molecule has 2 rings (SSSR count). The van der Waals surface area contributed by atoms with Gasteiger partial charge in [-0.15, -0.1) is 0 Å². The van der Waals surface area contributed by atoms with Crippen molar-refractivity contribution in [1.82, 2.24) is 9.21 Å². The molecule has 20 heavy (non-hydrogen) atoms. The van der Waals surface area contributed by atoms with Gasteiger partial charge in [-0.3, -0.25) is 9.69 Å². The number of primary amides is 1. The van der Waals surface area contributed by atoms with Gasteiger partial charge in [0.1, 0.15) is 6.04 Å². The number of hydrogen-bond acceptors (Lipinski definition) is 4. The molecule has 6 nitrogen and oxygen atoms in total. The molecule has 0 spiro atoms. The first-order valence-corrected chi connectivity index (χ1v) is 8.25. The predicted octanol–water partition coefficient (Wildman–Crippen LogP) is -0.382. The van der Waals surface area contributed by atoms with Crippen molar-refractivity contribution in [3.63, 3.8) is 0 Å². The van der Waals surface area contributed by atoms with Crippen LogP contribution in [-0.2, 0) is 21.4 Å². The van der Waals surface area contributed by atoms with Crippen molar-refractivity contribution in [2.75, 3.05) is 25.9 Å². The van der Waals surface area contributed by atoms with Crippen LogP contribution in [0.1, 0.15) is 5.56 Å². The summed E-state index contributed by atoms with van der Waals surface area (Å²) in [5, 5.41) is 0. The van der Waals surface area contributed by atoms with Gasteiger partial charge >= 0.3 is 0 Å². The average molecular weight is 297 g/mol. The third-order valence-corrected chi connectivity index (χ3v) is 4.71. The first kappa shape index (κ1) is 15.0. The number of piperazine rings is 1. The highest BCUT2D eigenvalue weighted by atomic mass is 32.2. The molecule has 1 aromatic carbocycles. The molecule has 1 aromatic rings. The van der Waals surface area contributed by atoms with Crippen LogP contribution in [0.2, 0.25) is 0 Å². The monoisotopic (exact) mass is 297 g/mol. The first-order chi connectivity index (χ1) is 9.38. The predicted molar refractivity (Wildman–Crippen MR) is 76.3 cm³/mol. The maximum absolute atomic E-state index is 11.7. The van der Waals surface area contributed by atoms with E-state index in [-0.39, 0.29) is 0 Å². The van der Waals surface area contributed by atoms with Crippen molar-refractivity contribution in [3.8, 4) is 0 Å². The molecule has 110 valence electrons. The quantitative estimate of drug-likeness (QED) is 0.821. The fourth-order valence-electron chi connectivity index (χ4n) is 2.44. The molecule has 1 saturated heterocycles. The molecule has 0 bridgehead atoms. The van der Waals surface area contributed by atoms with Crippen molar-refractivity contribution in [2.24, 2.45) is 5.73 Å². The highest BCUT2D eigenvalue weighted by Gasteiger charge is 2.36. The van der Waals surface area contributed by atoms with Crippen molar-refractivity contribution >= 4 is 15.9 Å². The van der Waals surface area contributed by atoms with E-state index in [1.807, 2.05) is 35.2 Å². The van der Waals surface area contributed by atoms with Crippen molar-refractivity contribution in [3.05, 3.63) is 35.9 Å². The Balaban J connectivity index is 2.09. The van der Waals surface area contributed by atoms with Crippen LogP contribution in [0.3, 0.4) is 0 Å². The molecular weight excluding hydrogens is 278 g/mol. The fourth-order valence-corrected chi connectivity index (χ4v) is 3.48. The van der Waals surface area contributed by atoms with Gasteiger partial charge in [0.15, 0.2) is 0 Å². The minimum Gasteiger partial charge on any atom is -0.368 e. The van der Waals surface area contributed by atoms with Crippen LogP contribution >= 0.6 is 0 Å². The molecule has 1 atom stereocenters. The number of rotatable bonds is 4. The summed E-state index contributed by atoms with van der Waals surface area (Å²) in [6.45, 7) is 1.89.